The molecule has 0 spiro atoms. The third-order valence-corrected chi connectivity index (χ3v) is 5.12. The van der Waals surface area contributed by atoms with Gasteiger partial charge in [-0.3, -0.25) is 0 Å². The highest BCUT2D eigenvalue weighted by Crippen LogP contribution is 2.38. The van der Waals surface area contributed by atoms with Crippen LogP contribution in [-0.2, 0) is 15.6 Å². The zero-order valence-electron chi connectivity index (χ0n) is 12.8. The van der Waals surface area contributed by atoms with Gasteiger partial charge in [0.1, 0.15) is 10.6 Å². The molecule has 0 radical (unpaired) electrons. The maximum absolute atomic E-state index is 13.4. The van der Waals surface area contributed by atoms with Crippen LogP contribution in [0.1, 0.15) is 17.0 Å². The second kappa shape index (κ2) is 6.19. The third kappa shape index (κ3) is 3.30. The first-order chi connectivity index (χ1) is 11.0. The van der Waals surface area contributed by atoms with E-state index in [-0.39, 0.29) is 16.3 Å². The number of hydrogen-bond donors (Lipinski definition) is 2. The van der Waals surface area contributed by atoms with Crippen molar-refractivity contribution < 1.29 is 31.2 Å². The lowest BCUT2D eigenvalue weighted by Gasteiger charge is -2.31. The minimum atomic E-state index is -5.09. The summed E-state index contributed by atoms with van der Waals surface area (Å²) < 4.78 is 71.1. The summed E-state index contributed by atoms with van der Waals surface area (Å²) in [6, 6.07) is 6.24. The normalized spacial score (nSPS) is 15.2. The van der Waals surface area contributed by atoms with E-state index >= 15 is 0 Å². The van der Waals surface area contributed by atoms with Crippen molar-refractivity contribution in [3.63, 3.8) is 0 Å². The zero-order valence-corrected chi connectivity index (χ0v) is 13.6. The van der Waals surface area contributed by atoms with Crippen LogP contribution in [0.5, 0.6) is 0 Å². The van der Waals surface area contributed by atoms with Crippen LogP contribution < -0.4 is 4.72 Å². The number of aromatic nitrogens is 1. The van der Waals surface area contributed by atoms with Gasteiger partial charge in [0.05, 0.1) is 6.54 Å². The van der Waals surface area contributed by atoms with Crippen LogP contribution in [-0.4, -0.2) is 31.4 Å². The maximum Gasteiger partial charge on any atom is 0.422 e. The number of benzene rings is 1. The number of aliphatic hydroxyl groups is 1. The van der Waals surface area contributed by atoms with Gasteiger partial charge < -0.3 is 9.63 Å². The first kappa shape index (κ1) is 18.4. The summed E-state index contributed by atoms with van der Waals surface area (Å²) in [6.07, 6.45) is -5.09. The summed E-state index contributed by atoms with van der Waals surface area (Å²) in [5.41, 5.74) is -3.84. The number of aryl methyl sites for hydroxylation is 2. The first-order valence-corrected chi connectivity index (χ1v) is 8.24. The third-order valence-electron chi connectivity index (χ3n) is 3.47. The average Bonchev–Trinajstić information content (AvgIpc) is 2.84. The van der Waals surface area contributed by atoms with Gasteiger partial charge in [0.25, 0.3) is 0 Å². The van der Waals surface area contributed by atoms with Crippen LogP contribution in [0.15, 0.2) is 39.8 Å². The van der Waals surface area contributed by atoms with Gasteiger partial charge in [-0.05, 0) is 19.4 Å². The van der Waals surface area contributed by atoms with E-state index in [1.54, 1.807) is 4.72 Å². The summed E-state index contributed by atoms with van der Waals surface area (Å²) in [5, 5.41) is 13.6. The van der Waals surface area contributed by atoms with Gasteiger partial charge in [0.15, 0.2) is 11.4 Å². The predicted molar refractivity (Wildman–Crippen MR) is 77.6 cm³/mol. The van der Waals surface area contributed by atoms with Crippen molar-refractivity contribution in [3.8, 4) is 0 Å². The first-order valence-electron chi connectivity index (χ1n) is 6.76. The number of rotatable bonds is 5. The van der Waals surface area contributed by atoms with E-state index in [2.05, 4.69) is 5.16 Å². The minimum Gasteiger partial charge on any atom is -0.375 e. The number of sulfonamides is 1. The summed E-state index contributed by atoms with van der Waals surface area (Å²) in [4.78, 5) is -0.347. The largest absolute Gasteiger partial charge is 0.422 e. The number of halogens is 3. The molecular formula is C14H15F3N2O4S. The number of hydrogen-bond acceptors (Lipinski definition) is 5. The Balaban J connectivity index is 2.36. The molecule has 1 heterocycles. The molecule has 132 valence electrons. The fourth-order valence-electron chi connectivity index (χ4n) is 2.21. The van der Waals surface area contributed by atoms with E-state index in [0.717, 1.165) is 12.1 Å². The SMILES string of the molecule is Cc1noc(C)c1S(=O)(=O)NC[C@](O)(c1ccccc1)C(F)(F)F. The van der Waals surface area contributed by atoms with Crippen molar-refractivity contribution in [1.29, 1.82) is 0 Å². The van der Waals surface area contributed by atoms with Crippen LogP contribution >= 0.6 is 0 Å². The van der Waals surface area contributed by atoms with Gasteiger partial charge in [-0.25, -0.2) is 13.1 Å². The summed E-state index contributed by atoms with van der Waals surface area (Å²) in [6.45, 7) is 1.38. The van der Waals surface area contributed by atoms with E-state index in [1.807, 2.05) is 0 Å². The van der Waals surface area contributed by atoms with Crippen molar-refractivity contribution in [2.75, 3.05) is 6.54 Å². The Kier molecular flexibility index (Phi) is 4.75. The molecular weight excluding hydrogens is 349 g/mol. The fraction of sp³-hybridized carbons (Fsp3) is 0.357. The smallest absolute Gasteiger partial charge is 0.375 e. The molecule has 0 saturated carbocycles. The van der Waals surface area contributed by atoms with E-state index in [1.165, 1.54) is 32.0 Å². The molecule has 1 aromatic heterocycles. The number of nitrogens with one attached hydrogen (secondary N) is 1. The Bertz CT molecular complexity index is 799. The van der Waals surface area contributed by atoms with Crippen LogP contribution in [0, 0.1) is 13.8 Å². The van der Waals surface area contributed by atoms with Crippen molar-refractivity contribution in [1.82, 2.24) is 9.88 Å². The van der Waals surface area contributed by atoms with Crippen LogP contribution in [0.2, 0.25) is 0 Å². The van der Waals surface area contributed by atoms with Crippen molar-refractivity contribution in [2.45, 2.75) is 30.5 Å². The quantitative estimate of drug-likeness (QED) is 0.847. The molecule has 1 atom stereocenters. The van der Waals surface area contributed by atoms with Crippen LogP contribution in [0.4, 0.5) is 13.2 Å². The Morgan fingerprint density at radius 2 is 1.79 bits per heavy atom. The van der Waals surface area contributed by atoms with E-state index < -0.39 is 33.9 Å². The van der Waals surface area contributed by atoms with Crippen molar-refractivity contribution in [3.05, 3.63) is 47.3 Å². The zero-order chi connectivity index (χ0) is 18.2. The maximum atomic E-state index is 13.4. The molecule has 0 aliphatic carbocycles. The van der Waals surface area contributed by atoms with Gasteiger partial charge in [-0.2, -0.15) is 13.2 Å². The Labute approximate surface area is 136 Å². The standard InChI is InChI=1S/C14H15F3N2O4S/c1-9-12(10(2)23-19-9)24(21,22)18-8-13(20,14(15,16)17)11-6-4-3-5-7-11/h3-7,18,20H,8H2,1-2H3/t13-/m0/s1. The monoisotopic (exact) mass is 364 g/mol. The molecule has 0 aliphatic heterocycles. The lowest BCUT2D eigenvalue weighted by molar-refractivity contribution is -0.263. The molecule has 0 fully saturated rings. The lowest BCUT2D eigenvalue weighted by atomic mass is 9.93. The molecule has 2 N–H and O–H groups in total. The highest BCUT2D eigenvalue weighted by Gasteiger charge is 2.55. The molecule has 0 saturated heterocycles. The average molecular weight is 364 g/mol. The molecule has 0 unspecified atom stereocenters. The number of alkyl halides is 3. The Morgan fingerprint density at radius 1 is 1.21 bits per heavy atom. The van der Waals surface area contributed by atoms with E-state index in [9.17, 15) is 26.7 Å². The highest BCUT2D eigenvalue weighted by atomic mass is 32.2. The molecule has 6 nitrogen and oxygen atoms in total. The number of nitrogens with zero attached hydrogens (tertiary/aromatic N) is 1. The Morgan fingerprint density at radius 3 is 2.25 bits per heavy atom. The van der Waals surface area contributed by atoms with E-state index in [0.29, 0.717) is 0 Å². The molecule has 2 aromatic rings. The van der Waals surface area contributed by atoms with Crippen molar-refractivity contribution >= 4 is 10.0 Å². The Hall–Kier alpha value is -1.91. The minimum absolute atomic E-state index is 0.00950. The highest BCUT2D eigenvalue weighted by molar-refractivity contribution is 7.89. The summed E-state index contributed by atoms with van der Waals surface area (Å²) in [5.74, 6) is -0.0599. The molecule has 0 aliphatic rings. The van der Waals surface area contributed by atoms with Gasteiger partial charge in [0, 0.05) is 0 Å². The second-order valence-electron chi connectivity index (χ2n) is 5.20. The van der Waals surface area contributed by atoms with Crippen LogP contribution in [0.3, 0.4) is 0 Å². The van der Waals surface area contributed by atoms with Crippen molar-refractivity contribution in [2.24, 2.45) is 0 Å². The molecule has 24 heavy (non-hydrogen) atoms. The van der Waals surface area contributed by atoms with Gasteiger partial charge in [0.2, 0.25) is 10.0 Å². The van der Waals surface area contributed by atoms with Gasteiger partial charge in [-0.15, -0.1) is 0 Å². The molecule has 0 amide bonds. The van der Waals surface area contributed by atoms with Gasteiger partial charge in [-0.1, -0.05) is 35.5 Å². The lowest BCUT2D eigenvalue weighted by Crippen LogP contribution is -2.51. The topological polar surface area (TPSA) is 92.4 Å². The van der Waals surface area contributed by atoms with E-state index in [4.69, 9.17) is 4.52 Å². The second-order valence-corrected chi connectivity index (χ2v) is 6.91. The predicted octanol–water partition coefficient (Wildman–Crippen LogP) is 2.02. The van der Waals surface area contributed by atoms with Crippen LogP contribution in [0.25, 0.3) is 0 Å². The van der Waals surface area contributed by atoms with Gasteiger partial charge >= 0.3 is 6.18 Å². The molecule has 2 rings (SSSR count). The summed E-state index contributed by atoms with van der Waals surface area (Å²) >= 11 is 0. The molecule has 10 heteroatoms. The molecule has 0 bridgehead atoms. The fourth-order valence-corrected chi connectivity index (χ4v) is 3.59. The molecule has 1 aromatic carbocycles. The summed E-state index contributed by atoms with van der Waals surface area (Å²) in [7, 11) is -4.35.